The Hall–Kier alpha value is -2.80. The van der Waals surface area contributed by atoms with Crippen molar-refractivity contribution in [2.75, 3.05) is 10.6 Å². The van der Waals surface area contributed by atoms with Crippen molar-refractivity contribution in [2.45, 2.75) is 12.8 Å². The van der Waals surface area contributed by atoms with Gasteiger partial charge in [0.15, 0.2) is 5.13 Å². The van der Waals surface area contributed by atoms with E-state index in [1.54, 1.807) is 0 Å². The lowest BCUT2D eigenvalue weighted by Gasteiger charge is -2.13. The van der Waals surface area contributed by atoms with Gasteiger partial charge in [-0.3, -0.25) is 5.32 Å². The van der Waals surface area contributed by atoms with Gasteiger partial charge in [0.2, 0.25) is 0 Å². The highest BCUT2D eigenvalue weighted by Gasteiger charge is 2.21. The largest absolute Gasteiger partial charge is 0.325 e. The van der Waals surface area contributed by atoms with Crippen LogP contribution in [0.2, 0.25) is 0 Å². The Morgan fingerprint density at radius 2 is 1.76 bits per heavy atom. The topological polar surface area (TPSA) is 54.0 Å². The molecule has 1 heterocycles. The SMILES string of the molecule is O=C(Nc1nc2c(s1)CCc1ccccc1-2)Nc1c(F)cccc1F. The molecule has 4 rings (SSSR count). The normalized spacial score (nSPS) is 12.2. The van der Waals surface area contributed by atoms with Gasteiger partial charge in [-0.2, -0.15) is 0 Å². The molecule has 2 aromatic carbocycles. The van der Waals surface area contributed by atoms with Crippen molar-refractivity contribution in [1.82, 2.24) is 4.98 Å². The van der Waals surface area contributed by atoms with E-state index in [-0.39, 0.29) is 0 Å². The maximum Gasteiger partial charge on any atom is 0.325 e. The third-order valence-electron chi connectivity index (χ3n) is 4.01. The van der Waals surface area contributed by atoms with Gasteiger partial charge in [-0.05, 0) is 30.5 Å². The van der Waals surface area contributed by atoms with Gasteiger partial charge in [0.1, 0.15) is 17.3 Å². The summed E-state index contributed by atoms with van der Waals surface area (Å²) >= 11 is 1.38. The summed E-state index contributed by atoms with van der Waals surface area (Å²) < 4.78 is 27.2. The lowest BCUT2D eigenvalue weighted by Crippen LogP contribution is -2.20. The van der Waals surface area contributed by atoms with E-state index < -0.39 is 23.4 Å². The molecule has 0 saturated heterocycles. The molecule has 4 nitrogen and oxygen atoms in total. The minimum atomic E-state index is -0.831. The van der Waals surface area contributed by atoms with Crippen LogP contribution >= 0.6 is 11.3 Å². The first-order valence-corrected chi connectivity index (χ1v) is 8.53. The van der Waals surface area contributed by atoms with Crippen LogP contribution in [0, 0.1) is 11.6 Å². The summed E-state index contributed by atoms with van der Waals surface area (Å²) in [6, 6.07) is 10.7. The highest BCUT2D eigenvalue weighted by molar-refractivity contribution is 7.16. The van der Waals surface area contributed by atoms with E-state index in [0.29, 0.717) is 5.13 Å². The van der Waals surface area contributed by atoms with Gasteiger partial charge in [-0.25, -0.2) is 18.6 Å². The Bertz CT molecular complexity index is 950. The number of nitrogens with one attached hydrogen (secondary N) is 2. The van der Waals surface area contributed by atoms with Gasteiger partial charge in [-0.1, -0.05) is 30.3 Å². The lowest BCUT2D eigenvalue weighted by molar-refractivity contribution is 0.262. The van der Waals surface area contributed by atoms with Gasteiger partial charge in [0.25, 0.3) is 0 Å². The minimum Gasteiger partial charge on any atom is -0.302 e. The highest BCUT2D eigenvalue weighted by atomic mass is 32.1. The summed E-state index contributed by atoms with van der Waals surface area (Å²) in [7, 11) is 0. The predicted octanol–water partition coefficient (Wildman–Crippen LogP) is 4.83. The summed E-state index contributed by atoms with van der Waals surface area (Å²) in [6.07, 6.45) is 1.78. The van der Waals surface area contributed by atoms with Gasteiger partial charge in [0.05, 0.1) is 5.69 Å². The zero-order valence-corrected chi connectivity index (χ0v) is 13.8. The van der Waals surface area contributed by atoms with E-state index >= 15 is 0 Å². The van der Waals surface area contributed by atoms with Crippen LogP contribution in [0.5, 0.6) is 0 Å². The molecule has 0 spiro atoms. The van der Waals surface area contributed by atoms with Crippen molar-refractivity contribution in [3.05, 3.63) is 64.5 Å². The fourth-order valence-corrected chi connectivity index (χ4v) is 3.83. The smallest absolute Gasteiger partial charge is 0.302 e. The molecule has 1 aliphatic carbocycles. The number of fused-ring (bicyclic) bond motifs is 3. The van der Waals surface area contributed by atoms with Gasteiger partial charge in [-0.15, -0.1) is 11.3 Å². The van der Waals surface area contributed by atoms with Crippen LogP contribution in [-0.2, 0) is 12.8 Å². The maximum atomic E-state index is 13.6. The summed E-state index contributed by atoms with van der Waals surface area (Å²) in [5.74, 6) is -1.66. The fourth-order valence-electron chi connectivity index (χ4n) is 2.86. The number of halogens is 2. The molecule has 25 heavy (non-hydrogen) atoms. The second kappa shape index (κ2) is 6.25. The molecule has 0 radical (unpaired) electrons. The van der Waals surface area contributed by atoms with E-state index in [9.17, 15) is 13.6 Å². The van der Waals surface area contributed by atoms with Crippen molar-refractivity contribution in [3.63, 3.8) is 0 Å². The number of nitrogens with zero attached hydrogens (tertiary/aromatic N) is 1. The molecule has 2 N–H and O–H groups in total. The van der Waals surface area contributed by atoms with E-state index in [1.807, 2.05) is 18.2 Å². The van der Waals surface area contributed by atoms with Crippen LogP contribution in [0.4, 0.5) is 24.4 Å². The molecule has 126 valence electrons. The molecule has 0 unspecified atom stereocenters. The number of aryl methyl sites for hydroxylation is 2. The van der Waals surface area contributed by atoms with Gasteiger partial charge >= 0.3 is 6.03 Å². The van der Waals surface area contributed by atoms with Crippen LogP contribution in [0.25, 0.3) is 11.3 Å². The van der Waals surface area contributed by atoms with Gasteiger partial charge in [0, 0.05) is 10.4 Å². The van der Waals surface area contributed by atoms with Crippen molar-refractivity contribution >= 4 is 28.2 Å². The first-order valence-electron chi connectivity index (χ1n) is 7.72. The average molecular weight is 357 g/mol. The fraction of sp³-hybridized carbons (Fsp3) is 0.111. The number of thiazole rings is 1. The number of amides is 2. The summed E-state index contributed by atoms with van der Waals surface area (Å²) in [4.78, 5) is 17.6. The van der Waals surface area contributed by atoms with E-state index in [4.69, 9.17) is 0 Å². The van der Waals surface area contributed by atoms with Gasteiger partial charge < -0.3 is 5.32 Å². The quantitative estimate of drug-likeness (QED) is 0.690. The maximum absolute atomic E-state index is 13.6. The van der Waals surface area contributed by atoms with E-state index in [0.717, 1.165) is 41.1 Å². The molecule has 2 amide bonds. The number of aromatic nitrogens is 1. The zero-order valence-electron chi connectivity index (χ0n) is 13.0. The van der Waals surface area contributed by atoms with E-state index in [2.05, 4.69) is 21.7 Å². The van der Waals surface area contributed by atoms with Crippen LogP contribution in [0.15, 0.2) is 42.5 Å². The Morgan fingerprint density at radius 3 is 2.56 bits per heavy atom. The Morgan fingerprint density at radius 1 is 1.00 bits per heavy atom. The van der Waals surface area contributed by atoms with Crippen molar-refractivity contribution < 1.29 is 13.6 Å². The minimum absolute atomic E-state index is 0.399. The van der Waals surface area contributed by atoms with Crippen molar-refractivity contribution in [3.8, 4) is 11.3 Å². The van der Waals surface area contributed by atoms with Crippen LogP contribution in [0.3, 0.4) is 0 Å². The molecule has 0 aliphatic heterocycles. The number of urea groups is 1. The second-order valence-corrected chi connectivity index (χ2v) is 6.71. The molecular weight excluding hydrogens is 344 g/mol. The number of anilines is 2. The first-order chi connectivity index (χ1) is 12.1. The molecule has 0 fully saturated rings. The molecule has 1 aromatic heterocycles. The molecule has 0 saturated carbocycles. The summed E-state index contributed by atoms with van der Waals surface area (Å²) in [5.41, 5.74) is 2.67. The zero-order chi connectivity index (χ0) is 17.4. The number of benzene rings is 2. The molecule has 3 aromatic rings. The second-order valence-electron chi connectivity index (χ2n) is 5.62. The van der Waals surface area contributed by atoms with Crippen LogP contribution < -0.4 is 10.6 Å². The molecule has 0 atom stereocenters. The molecule has 7 heteroatoms. The predicted molar refractivity (Wildman–Crippen MR) is 94.0 cm³/mol. The van der Waals surface area contributed by atoms with Crippen molar-refractivity contribution in [2.24, 2.45) is 0 Å². The highest BCUT2D eigenvalue weighted by Crippen LogP contribution is 2.37. The summed E-state index contributed by atoms with van der Waals surface area (Å²) in [6.45, 7) is 0. The van der Waals surface area contributed by atoms with E-state index in [1.165, 1.54) is 23.0 Å². The van der Waals surface area contributed by atoms with Crippen LogP contribution in [0.1, 0.15) is 10.4 Å². The Balaban J connectivity index is 1.55. The molecular formula is C18H13F2N3OS. The molecule has 1 aliphatic rings. The Labute approximate surface area is 146 Å². The van der Waals surface area contributed by atoms with Crippen molar-refractivity contribution in [1.29, 1.82) is 0 Å². The monoisotopic (exact) mass is 357 g/mol. The number of para-hydroxylation sites is 1. The van der Waals surface area contributed by atoms with Crippen LogP contribution in [-0.4, -0.2) is 11.0 Å². The molecule has 0 bridgehead atoms. The standard InChI is InChI=1S/C18H13F2N3OS/c19-12-6-3-7-13(20)16(12)21-17(24)23-18-22-15-11-5-2-1-4-10(11)8-9-14(15)25-18/h1-7H,8-9H2,(H2,21,22,23,24). The number of hydrogen-bond acceptors (Lipinski definition) is 3. The average Bonchev–Trinajstić information content (AvgIpc) is 3.01. The third-order valence-corrected chi connectivity index (χ3v) is 5.04. The summed E-state index contributed by atoms with van der Waals surface area (Å²) in [5, 5.41) is 5.15. The Kier molecular flexibility index (Phi) is 3.93. The number of rotatable bonds is 2. The lowest BCUT2D eigenvalue weighted by atomic mass is 9.94. The first kappa shape index (κ1) is 15.7. The number of carbonyl (C=O) groups excluding carboxylic acids is 1. The number of carbonyl (C=O) groups is 1. The number of hydrogen-bond donors (Lipinski definition) is 2. The third kappa shape index (κ3) is 2.98.